The molecule has 0 bridgehead atoms. The first kappa shape index (κ1) is 14.8. The summed E-state index contributed by atoms with van der Waals surface area (Å²) < 4.78 is 0.702. The molecule has 1 saturated carbocycles. The molecule has 0 spiro atoms. The van der Waals surface area contributed by atoms with E-state index in [4.69, 9.17) is 16.7 Å². The Morgan fingerprint density at radius 2 is 2.16 bits per heavy atom. The van der Waals surface area contributed by atoms with Crippen molar-refractivity contribution >= 4 is 28.9 Å². The number of rotatable bonds is 5. The van der Waals surface area contributed by atoms with Crippen LogP contribution in [0.3, 0.4) is 0 Å². The van der Waals surface area contributed by atoms with Gasteiger partial charge >= 0.3 is 5.97 Å². The summed E-state index contributed by atoms with van der Waals surface area (Å²) in [5.74, 6) is -0.769. The number of hydrogen-bond donors (Lipinski definition) is 2. The van der Waals surface area contributed by atoms with Crippen LogP contribution in [0.25, 0.3) is 0 Å². The van der Waals surface area contributed by atoms with Crippen LogP contribution in [0.1, 0.15) is 55.1 Å². The van der Waals surface area contributed by atoms with E-state index in [1.165, 1.54) is 11.3 Å². The number of carboxylic acids is 1. The smallest absolute Gasteiger partial charge is 0.303 e. The summed E-state index contributed by atoms with van der Waals surface area (Å²) in [7, 11) is 0. The molecule has 1 aromatic heterocycles. The minimum atomic E-state index is -0.769. The van der Waals surface area contributed by atoms with Crippen LogP contribution in [0, 0.1) is 12.3 Å². The first-order valence-electron chi connectivity index (χ1n) is 6.58. The number of aryl methyl sites for hydroxylation is 1. The fourth-order valence-corrected chi connectivity index (χ4v) is 4.26. The number of carboxylic acid groups (broad SMARTS) is 1. The van der Waals surface area contributed by atoms with Gasteiger partial charge in [-0.3, -0.25) is 4.79 Å². The standard InChI is InChI=1S/C14H19ClO3S/c1-9-6-11(19-13(9)15)10(16)7-14(8-12(17)18)4-2-3-5-14/h6,10,16H,2-5,7-8H2,1H3,(H,17,18). The molecular weight excluding hydrogens is 284 g/mol. The minimum absolute atomic E-state index is 0.155. The molecule has 1 aliphatic rings. The third-order valence-electron chi connectivity index (χ3n) is 4.02. The van der Waals surface area contributed by atoms with Gasteiger partial charge in [0.05, 0.1) is 16.9 Å². The van der Waals surface area contributed by atoms with Gasteiger partial charge in [-0.05, 0) is 43.2 Å². The van der Waals surface area contributed by atoms with Gasteiger partial charge in [-0.2, -0.15) is 0 Å². The average molecular weight is 303 g/mol. The van der Waals surface area contributed by atoms with Crippen molar-refractivity contribution in [2.75, 3.05) is 0 Å². The van der Waals surface area contributed by atoms with E-state index in [1.807, 2.05) is 13.0 Å². The van der Waals surface area contributed by atoms with Gasteiger partial charge in [0.1, 0.15) is 0 Å². The maximum absolute atomic E-state index is 11.0. The molecule has 0 aromatic carbocycles. The highest BCUT2D eigenvalue weighted by molar-refractivity contribution is 7.16. The lowest BCUT2D eigenvalue weighted by Gasteiger charge is -2.29. The molecular formula is C14H19ClO3S. The van der Waals surface area contributed by atoms with Crippen molar-refractivity contribution in [1.82, 2.24) is 0 Å². The summed E-state index contributed by atoms with van der Waals surface area (Å²) in [5, 5.41) is 19.4. The molecule has 0 aliphatic heterocycles. The van der Waals surface area contributed by atoms with E-state index in [0.717, 1.165) is 36.1 Å². The van der Waals surface area contributed by atoms with Crippen molar-refractivity contribution < 1.29 is 15.0 Å². The Morgan fingerprint density at radius 3 is 2.63 bits per heavy atom. The van der Waals surface area contributed by atoms with Gasteiger partial charge < -0.3 is 10.2 Å². The van der Waals surface area contributed by atoms with E-state index in [0.29, 0.717) is 10.8 Å². The van der Waals surface area contributed by atoms with Crippen LogP contribution in [-0.2, 0) is 4.79 Å². The molecule has 5 heteroatoms. The second-order valence-electron chi connectivity index (χ2n) is 5.60. The zero-order valence-electron chi connectivity index (χ0n) is 11.0. The van der Waals surface area contributed by atoms with Gasteiger partial charge in [0.2, 0.25) is 0 Å². The van der Waals surface area contributed by atoms with Crippen LogP contribution < -0.4 is 0 Å². The van der Waals surface area contributed by atoms with Crippen molar-refractivity contribution in [3.8, 4) is 0 Å². The lowest BCUT2D eigenvalue weighted by Crippen LogP contribution is -2.23. The van der Waals surface area contributed by atoms with Gasteiger partial charge in [-0.1, -0.05) is 24.4 Å². The van der Waals surface area contributed by atoms with Gasteiger partial charge in [-0.25, -0.2) is 0 Å². The molecule has 19 heavy (non-hydrogen) atoms. The Balaban J connectivity index is 2.10. The number of hydrogen-bond acceptors (Lipinski definition) is 3. The molecule has 2 N–H and O–H groups in total. The molecule has 1 aromatic rings. The lowest BCUT2D eigenvalue weighted by atomic mass is 9.77. The second kappa shape index (κ2) is 5.81. The zero-order chi connectivity index (χ0) is 14.0. The second-order valence-corrected chi connectivity index (χ2v) is 7.29. The van der Waals surface area contributed by atoms with Crippen molar-refractivity contribution in [3.05, 3.63) is 20.8 Å². The van der Waals surface area contributed by atoms with Crippen molar-refractivity contribution in [2.24, 2.45) is 5.41 Å². The number of thiophene rings is 1. The topological polar surface area (TPSA) is 57.5 Å². The molecule has 0 saturated heterocycles. The number of aliphatic hydroxyl groups excluding tert-OH is 1. The monoisotopic (exact) mass is 302 g/mol. The Hall–Kier alpha value is -0.580. The number of carbonyl (C=O) groups is 1. The summed E-state index contributed by atoms with van der Waals surface area (Å²) in [6.07, 6.45) is 3.99. The fourth-order valence-electron chi connectivity index (χ4n) is 3.06. The molecule has 2 rings (SSSR count). The third-order valence-corrected chi connectivity index (χ3v) is 5.68. The van der Waals surface area contributed by atoms with E-state index < -0.39 is 12.1 Å². The predicted octanol–water partition coefficient (Wildman–Crippen LogP) is 4.17. The van der Waals surface area contributed by atoms with Gasteiger partial charge in [0.25, 0.3) is 0 Å². The van der Waals surface area contributed by atoms with E-state index in [9.17, 15) is 9.90 Å². The maximum atomic E-state index is 11.0. The SMILES string of the molecule is Cc1cc(C(O)CC2(CC(=O)O)CCCC2)sc1Cl. The van der Waals surface area contributed by atoms with Gasteiger partial charge in [-0.15, -0.1) is 11.3 Å². The Morgan fingerprint density at radius 1 is 1.53 bits per heavy atom. The fraction of sp³-hybridized carbons (Fsp3) is 0.643. The van der Waals surface area contributed by atoms with Crippen molar-refractivity contribution in [3.63, 3.8) is 0 Å². The van der Waals surface area contributed by atoms with Crippen LogP contribution in [0.4, 0.5) is 0 Å². The molecule has 1 fully saturated rings. The van der Waals surface area contributed by atoms with Crippen molar-refractivity contribution in [2.45, 2.75) is 51.6 Å². The number of aliphatic hydroxyl groups is 1. The van der Waals surface area contributed by atoms with Crippen LogP contribution >= 0.6 is 22.9 Å². The minimum Gasteiger partial charge on any atom is -0.481 e. The molecule has 3 nitrogen and oxygen atoms in total. The molecule has 0 radical (unpaired) electrons. The van der Waals surface area contributed by atoms with Crippen LogP contribution in [0.2, 0.25) is 4.34 Å². The highest BCUT2D eigenvalue weighted by atomic mass is 35.5. The van der Waals surface area contributed by atoms with Gasteiger partial charge in [0.15, 0.2) is 0 Å². The molecule has 1 aliphatic carbocycles. The summed E-state index contributed by atoms with van der Waals surface area (Å²) in [6.45, 7) is 1.91. The van der Waals surface area contributed by atoms with Gasteiger partial charge in [0, 0.05) is 4.88 Å². The molecule has 1 heterocycles. The van der Waals surface area contributed by atoms with Crippen molar-refractivity contribution in [1.29, 1.82) is 0 Å². The number of halogens is 1. The van der Waals surface area contributed by atoms with E-state index >= 15 is 0 Å². The summed E-state index contributed by atoms with van der Waals surface area (Å²) in [6, 6.07) is 1.90. The molecule has 1 atom stereocenters. The normalized spacial score (nSPS) is 19.5. The Bertz CT molecular complexity index is 444. The summed E-state index contributed by atoms with van der Waals surface area (Å²) in [5.41, 5.74) is 0.731. The first-order valence-corrected chi connectivity index (χ1v) is 7.77. The number of aliphatic carboxylic acids is 1. The van der Waals surface area contributed by atoms with Crippen LogP contribution in [0.15, 0.2) is 6.07 Å². The summed E-state index contributed by atoms with van der Waals surface area (Å²) in [4.78, 5) is 11.9. The molecule has 1 unspecified atom stereocenters. The Labute approximate surface area is 122 Å². The predicted molar refractivity (Wildman–Crippen MR) is 76.8 cm³/mol. The van der Waals surface area contributed by atoms with E-state index in [1.54, 1.807) is 0 Å². The molecule has 0 amide bonds. The first-order chi connectivity index (χ1) is 8.92. The lowest BCUT2D eigenvalue weighted by molar-refractivity contribution is -0.140. The molecule has 106 valence electrons. The highest BCUT2D eigenvalue weighted by Crippen LogP contribution is 2.48. The summed E-state index contributed by atoms with van der Waals surface area (Å²) >= 11 is 7.41. The Kier molecular flexibility index (Phi) is 4.54. The third kappa shape index (κ3) is 3.50. The van der Waals surface area contributed by atoms with E-state index in [-0.39, 0.29) is 11.8 Å². The van der Waals surface area contributed by atoms with Crippen LogP contribution in [-0.4, -0.2) is 16.2 Å². The average Bonchev–Trinajstić information content (AvgIpc) is 2.87. The highest BCUT2D eigenvalue weighted by Gasteiger charge is 2.38. The zero-order valence-corrected chi connectivity index (χ0v) is 12.6. The van der Waals surface area contributed by atoms with E-state index in [2.05, 4.69) is 0 Å². The maximum Gasteiger partial charge on any atom is 0.303 e. The van der Waals surface area contributed by atoms with Crippen LogP contribution in [0.5, 0.6) is 0 Å². The quantitative estimate of drug-likeness (QED) is 0.858. The largest absolute Gasteiger partial charge is 0.481 e.